The normalized spacial score (nSPS) is 15.0. The molecule has 0 radical (unpaired) electrons. The molecule has 0 unspecified atom stereocenters. The second kappa shape index (κ2) is 7.01. The fraction of sp³-hybridized carbons (Fsp3) is 0.333. The van der Waals surface area contributed by atoms with E-state index in [0.717, 1.165) is 37.7 Å². The van der Waals surface area contributed by atoms with E-state index in [4.69, 9.17) is 9.57 Å². The number of hydrogen-bond donors (Lipinski definition) is 1. The number of benzene rings is 1. The average molecular weight is 286 g/mol. The van der Waals surface area contributed by atoms with Crippen molar-refractivity contribution in [3.05, 3.63) is 48.3 Å². The van der Waals surface area contributed by atoms with Crippen LogP contribution in [0.3, 0.4) is 0 Å². The van der Waals surface area contributed by atoms with Gasteiger partial charge in [0.1, 0.15) is 12.1 Å². The summed E-state index contributed by atoms with van der Waals surface area (Å²) in [6.45, 7) is 3.65. The van der Waals surface area contributed by atoms with E-state index in [1.54, 1.807) is 6.33 Å². The van der Waals surface area contributed by atoms with Crippen molar-refractivity contribution >= 4 is 11.6 Å². The number of nitrogens with zero attached hydrogens (tertiary/aromatic N) is 3. The van der Waals surface area contributed by atoms with Crippen molar-refractivity contribution in [3.8, 4) is 0 Å². The van der Waals surface area contributed by atoms with Crippen LogP contribution in [-0.4, -0.2) is 36.3 Å². The lowest BCUT2D eigenvalue weighted by Gasteiger charge is -2.27. The third-order valence-electron chi connectivity index (χ3n) is 3.25. The van der Waals surface area contributed by atoms with Gasteiger partial charge in [0.25, 0.3) is 0 Å². The maximum Gasteiger partial charge on any atom is 0.155 e. The maximum atomic E-state index is 5.46. The minimum atomic E-state index is 0.484. The van der Waals surface area contributed by atoms with Crippen molar-refractivity contribution in [2.24, 2.45) is 0 Å². The van der Waals surface area contributed by atoms with Gasteiger partial charge in [0.15, 0.2) is 5.82 Å². The molecule has 2 aromatic rings. The predicted molar refractivity (Wildman–Crippen MR) is 79.9 cm³/mol. The van der Waals surface area contributed by atoms with E-state index < -0.39 is 0 Å². The van der Waals surface area contributed by atoms with E-state index in [9.17, 15) is 0 Å². The first-order valence-electron chi connectivity index (χ1n) is 6.98. The zero-order valence-corrected chi connectivity index (χ0v) is 11.7. The van der Waals surface area contributed by atoms with Gasteiger partial charge in [-0.1, -0.05) is 30.3 Å². The van der Waals surface area contributed by atoms with Crippen molar-refractivity contribution in [1.29, 1.82) is 0 Å². The molecule has 6 heteroatoms. The number of hydrogen-bond acceptors (Lipinski definition) is 6. The number of aromatic nitrogens is 2. The summed E-state index contributed by atoms with van der Waals surface area (Å²) in [5, 5.41) is 0. The van der Waals surface area contributed by atoms with Crippen LogP contribution in [0.5, 0.6) is 0 Å². The van der Waals surface area contributed by atoms with Crippen molar-refractivity contribution in [2.45, 2.75) is 6.61 Å². The average Bonchev–Trinajstić information content (AvgIpc) is 2.57. The van der Waals surface area contributed by atoms with E-state index in [-0.39, 0.29) is 0 Å². The van der Waals surface area contributed by atoms with Crippen LogP contribution in [0.4, 0.5) is 11.6 Å². The standard InChI is InChI=1S/C15H18N4O2/c1-2-4-13(5-3-1)11-21-18-14-10-15(17-12-16-14)19-6-8-20-9-7-19/h1-5,10,12H,6-9,11H2,(H,16,17,18). The number of rotatable bonds is 5. The summed E-state index contributed by atoms with van der Waals surface area (Å²) in [5.74, 6) is 1.54. The first-order valence-corrected chi connectivity index (χ1v) is 6.98. The third-order valence-corrected chi connectivity index (χ3v) is 3.25. The summed E-state index contributed by atoms with van der Waals surface area (Å²) in [5.41, 5.74) is 3.97. The van der Waals surface area contributed by atoms with Crippen LogP contribution in [0, 0.1) is 0 Å². The Hall–Kier alpha value is -2.18. The smallest absolute Gasteiger partial charge is 0.155 e. The Bertz CT molecular complexity index is 559. The topological polar surface area (TPSA) is 59.5 Å². The zero-order valence-electron chi connectivity index (χ0n) is 11.7. The molecule has 21 heavy (non-hydrogen) atoms. The van der Waals surface area contributed by atoms with Gasteiger partial charge in [0.05, 0.1) is 19.8 Å². The highest BCUT2D eigenvalue weighted by Crippen LogP contribution is 2.15. The third kappa shape index (κ3) is 3.90. The zero-order chi connectivity index (χ0) is 14.3. The van der Waals surface area contributed by atoms with Crippen LogP contribution in [0.2, 0.25) is 0 Å². The van der Waals surface area contributed by atoms with Gasteiger partial charge in [-0.05, 0) is 5.56 Å². The summed E-state index contributed by atoms with van der Waals surface area (Å²) < 4.78 is 5.34. The van der Waals surface area contributed by atoms with Crippen molar-refractivity contribution < 1.29 is 9.57 Å². The van der Waals surface area contributed by atoms with Crippen LogP contribution in [0.25, 0.3) is 0 Å². The summed E-state index contributed by atoms with van der Waals surface area (Å²) in [7, 11) is 0. The molecule has 1 N–H and O–H groups in total. The summed E-state index contributed by atoms with van der Waals surface area (Å²) >= 11 is 0. The second-order valence-corrected chi connectivity index (χ2v) is 4.74. The molecule has 0 saturated carbocycles. The van der Waals surface area contributed by atoms with Crippen LogP contribution >= 0.6 is 0 Å². The molecule has 6 nitrogen and oxygen atoms in total. The predicted octanol–water partition coefficient (Wildman–Crippen LogP) is 1.86. The molecule has 3 rings (SSSR count). The molecule has 0 aliphatic carbocycles. The first-order chi connectivity index (χ1) is 10.4. The molecule has 0 amide bonds. The Morgan fingerprint density at radius 3 is 2.76 bits per heavy atom. The van der Waals surface area contributed by atoms with Crippen LogP contribution in [0.1, 0.15) is 5.56 Å². The number of nitrogens with one attached hydrogen (secondary N) is 1. The van der Waals surface area contributed by atoms with Crippen LogP contribution in [-0.2, 0) is 16.2 Å². The highest BCUT2D eigenvalue weighted by atomic mass is 16.6. The van der Waals surface area contributed by atoms with E-state index in [1.165, 1.54) is 0 Å². The molecule has 0 atom stereocenters. The largest absolute Gasteiger partial charge is 0.378 e. The highest BCUT2D eigenvalue weighted by molar-refractivity contribution is 5.47. The van der Waals surface area contributed by atoms with Crippen molar-refractivity contribution in [2.75, 3.05) is 36.7 Å². The maximum absolute atomic E-state index is 5.46. The fourth-order valence-corrected chi connectivity index (χ4v) is 2.14. The lowest BCUT2D eigenvalue weighted by atomic mass is 10.2. The molecule has 1 aromatic heterocycles. The van der Waals surface area contributed by atoms with Crippen molar-refractivity contribution in [1.82, 2.24) is 9.97 Å². The number of anilines is 2. The van der Waals surface area contributed by atoms with Gasteiger partial charge in [-0.25, -0.2) is 15.4 Å². The second-order valence-electron chi connectivity index (χ2n) is 4.74. The molecule has 1 aromatic carbocycles. The molecule has 0 spiro atoms. The molecule has 1 aliphatic rings. The molecular formula is C15H18N4O2. The minimum Gasteiger partial charge on any atom is -0.378 e. The number of ether oxygens (including phenoxy) is 1. The molecule has 0 bridgehead atoms. The van der Waals surface area contributed by atoms with E-state index in [1.807, 2.05) is 36.4 Å². The molecule has 1 aliphatic heterocycles. The van der Waals surface area contributed by atoms with Crippen molar-refractivity contribution in [3.63, 3.8) is 0 Å². The van der Waals surface area contributed by atoms with Gasteiger partial charge < -0.3 is 9.64 Å². The first kappa shape index (κ1) is 13.8. The number of morpholine rings is 1. The monoisotopic (exact) mass is 286 g/mol. The summed E-state index contributed by atoms with van der Waals surface area (Å²) in [4.78, 5) is 16.1. The summed E-state index contributed by atoms with van der Waals surface area (Å²) in [6, 6.07) is 11.9. The Balaban J connectivity index is 1.55. The Morgan fingerprint density at radius 1 is 1.14 bits per heavy atom. The SMILES string of the molecule is c1ccc(CONc2cc(N3CCOCC3)ncn2)cc1. The van der Waals surface area contributed by atoms with Gasteiger partial charge in [-0.15, -0.1) is 0 Å². The highest BCUT2D eigenvalue weighted by Gasteiger charge is 2.12. The quantitative estimate of drug-likeness (QED) is 0.847. The lowest BCUT2D eigenvalue weighted by Crippen LogP contribution is -2.36. The molecule has 2 heterocycles. The minimum absolute atomic E-state index is 0.484. The van der Waals surface area contributed by atoms with Gasteiger partial charge in [0.2, 0.25) is 0 Å². The fourth-order valence-electron chi connectivity index (χ4n) is 2.14. The molecule has 110 valence electrons. The van der Waals surface area contributed by atoms with Gasteiger partial charge in [-0.3, -0.25) is 4.84 Å². The van der Waals surface area contributed by atoms with Gasteiger partial charge >= 0.3 is 0 Å². The van der Waals surface area contributed by atoms with Gasteiger partial charge in [0, 0.05) is 19.2 Å². The summed E-state index contributed by atoms with van der Waals surface area (Å²) in [6.07, 6.45) is 1.54. The van der Waals surface area contributed by atoms with Crippen LogP contribution < -0.4 is 10.4 Å². The van der Waals surface area contributed by atoms with E-state index in [0.29, 0.717) is 12.4 Å². The van der Waals surface area contributed by atoms with Crippen LogP contribution in [0.15, 0.2) is 42.7 Å². The lowest BCUT2D eigenvalue weighted by molar-refractivity contribution is 0.122. The Labute approximate surface area is 123 Å². The molecule has 1 saturated heterocycles. The van der Waals surface area contributed by atoms with E-state index >= 15 is 0 Å². The Morgan fingerprint density at radius 2 is 1.95 bits per heavy atom. The van der Waals surface area contributed by atoms with E-state index in [2.05, 4.69) is 20.3 Å². The molecular weight excluding hydrogens is 268 g/mol. The molecule has 1 fully saturated rings. The Kier molecular flexibility index (Phi) is 4.60. The van der Waals surface area contributed by atoms with Gasteiger partial charge in [-0.2, -0.15) is 0 Å².